The summed E-state index contributed by atoms with van der Waals surface area (Å²) in [5.74, 6) is 1.25. The molecule has 27 heavy (non-hydrogen) atoms. The number of hydrogen-bond donors (Lipinski definition) is 2. The molecule has 0 unspecified atom stereocenters. The molecule has 1 saturated carbocycles. The van der Waals surface area contributed by atoms with Crippen LogP contribution in [0.5, 0.6) is 5.75 Å². The average molecular weight is 385 g/mol. The second-order valence-corrected chi connectivity index (χ2v) is 8.01. The van der Waals surface area contributed by atoms with Gasteiger partial charge in [0.2, 0.25) is 11.1 Å². The fraction of sp³-hybridized carbons (Fsp3) is 0.474. The molecule has 1 aliphatic rings. The number of amides is 1. The fourth-order valence-corrected chi connectivity index (χ4v) is 3.87. The van der Waals surface area contributed by atoms with Gasteiger partial charge in [0, 0.05) is 5.56 Å². The monoisotopic (exact) mass is 385 g/mol. The van der Waals surface area contributed by atoms with Gasteiger partial charge in [0.25, 0.3) is 0 Å². The number of hydrogen-bond acceptors (Lipinski definition) is 6. The molecular weight excluding hydrogens is 362 g/mol. The number of benzene rings is 1. The first-order valence-corrected chi connectivity index (χ1v) is 9.90. The van der Waals surface area contributed by atoms with Gasteiger partial charge in [-0.15, -0.1) is 5.10 Å². The first-order chi connectivity index (χ1) is 13.0. The first-order valence-electron chi connectivity index (χ1n) is 9.02. The lowest BCUT2D eigenvalue weighted by Gasteiger charge is -2.32. The van der Waals surface area contributed by atoms with Gasteiger partial charge in [0.05, 0.1) is 18.4 Å². The van der Waals surface area contributed by atoms with E-state index in [9.17, 15) is 10.1 Å². The number of nitriles is 1. The Hall–Kier alpha value is -2.53. The van der Waals surface area contributed by atoms with Crippen molar-refractivity contribution in [3.63, 3.8) is 0 Å². The van der Waals surface area contributed by atoms with Crippen LogP contribution in [0, 0.1) is 11.3 Å². The third-order valence-electron chi connectivity index (χ3n) is 4.76. The van der Waals surface area contributed by atoms with Gasteiger partial charge < -0.3 is 10.1 Å². The molecule has 8 heteroatoms. The molecular formula is C19H23N5O2S. The van der Waals surface area contributed by atoms with Crippen LogP contribution in [0.1, 0.15) is 39.0 Å². The van der Waals surface area contributed by atoms with Crippen LogP contribution in [0.25, 0.3) is 11.4 Å². The van der Waals surface area contributed by atoms with Crippen molar-refractivity contribution < 1.29 is 9.53 Å². The lowest BCUT2D eigenvalue weighted by atomic mass is 9.83. The molecule has 0 bridgehead atoms. The van der Waals surface area contributed by atoms with E-state index in [-0.39, 0.29) is 5.91 Å². The van der Waals surface area contributed by atoms with Crippen LogP contribution >= 0.6 is 11.8 Å². The number of carbonyl (C=O) groups excluding carboxylic acids is 1. The second-order valence-electron chi connectivity index (χ2n) is 6.70. The third-order valence-corrected chi connectivity index (χ3v) is 5.72. The second kappa shape index (κ2) is 8.44. The molecule has 2 N–H and O–H groups in total. The van der Waals surface area contributed by atoms with Gasteiger partial charge in [0.1, 0.15) is 11.3 Å². The molecule has 1 aliphatic carbocycles. The summed E-state index contributed by atoms with van der Waals surface area (Å²) < 4.78 is 5.15. The molecule has 1 fully saturated rings. The van der Waals surface area contributed by atoms with Crippen LogP contribution < -0.4 is 10.1 Å². The number of H-pyrrole nitrogens is 1. The largest absolute Gasteiger partial charge is 0.497 e. The highest BCUT2D eigenvalue weighted by Gasteiger charge is 2.35. The predicted octanol–water partition coefficient (Wildman–Crippen LogP) is 3.30. The molecule has 1 aromatic carbocycles. The van der Waals surface area contributed by atoms with Crippen LogP contribution in [0.3, 0.4) is 0 Å². The number of nitrogens with zero attached hydrogens (tertiary/aromatic N) is 3. The van der Waals surface area contributed by atoms with Gasteiger partial charge in [-0.2, -0.15) is 5.26 Å². The van der Waals surface area contributed by atoms with E-state index in [1.54, 1.807) is 14.0 Å². The zero-order chi connectivity index (χ0) is 19.3. The topological polar surface area (TPSA) is 104 Å². The highest BCUT2D eigenvalue weighted by atomic mass is 32.2. The Bertz CT molecular complexity index is 821. The van der Waals surface area contributed by atoms with Crippen LogP contribution in [-0.2, 0) is 4.79 Å². The minimum atomic E-state index is -0.725. The maximum Gasteiger partial charge on any atom is 0.234 e. The number of rotatable bonds is 6. The number of carbonyl (C=O) groups is 1. The molecule has 7 nitrogen and oxygen atoms in total. The van der Waals surface area contributed by atoms with Crippen LogP contribution in [0.4, 0.5) is 0 Å². The van der Waals surface area contributed by atoms with Crippen molar-refractivity contribution in [3.05, 3.63) is 24.3 Å². The van der Waals surface area contributed by atoms with E-state index in [1.807, 2.05) is 24.3 Å². The summed E-state index contributed by atoms with van der Waals surface area (Å²) in [6.07, 6.45) is 4.50. The Kier molecular flexibility index (Phi) is 6.01. The highest BCUT2D eigenvalue weighted by molar-refractivity contribution is 8.00. The van der Waals surface area contributed by atoms with Crippen molar-refractivity contribution in [2.75, 3.05) is 7.11 Å². The molecule has 1 amide bonds. The summed E-state index contributed by atoms with van der Waals surface area (Å²) in [6, 6.07) is 9.81. The number of methoxy groups -OCH3 is 1. The number of nitrogens with one attached hydrogen (secondary N) is 2. The third kappa shape index (κ3) is 4.61. The normalized spacial score (nSPS) is 16.9. The van der Waals surface area contributed by atoms with Gasteiger partial charge >= 0.3 is 0 Å². The SMILES string of the molecule is COc1ccc(-c2nc(S[C@@H](C)C(=O)NC3(C#N)CCCCC3)n[nH]2)cc1. The smallest absolute Gasteiger partial charge is 0.234 e. The summed E-state index contributed by atoms with van der Waals surface area (Å²) in [7, 11) is 1.62. The van der Waals surface area contributed by atoms with E-state index in [0.29, 0.717) is 11.0 Å². The molecule has 0 aliphatic heterocycles. The Morgan fingerprint density at radius 1 is 1.33 bits per heavy atom. The van der Waals surface area contributed by atoms with Crippen molar-refractivity contribution in [1.29, 1.82) is 5.26 Å². The van der Waals surface area contributed by atoms with E-state index in [0.717, 1.165) is 43.4 Å². The molecule has 0 radical (unpaired) electrons. The lowest BCUT2D eigenvalue weighted by molar-refractivity contribution is -0.121. The van der Waals surface area contributed by atoms with Gasteiger partial charge in [0.15, 0.2) is 5.82 Å². The Morgan fingerprint density at radius 3 is 2.67 bits per heavy atom. The molecule has 3 rings (SSSR count). The van der Waals surface area contributed by atoms with Crippen LogP contribution in [0.15, 0.2) is 29.4 Å². The average Bonchev–Trinajstić information content (AvgIpc) is 3.17. The van der Waals surface area contributed by atoms with Gasteiger partial charge in [-0.3, -0.25) is 9.89 Å². The maximum absolute atomic E-state index is 12.6. The van der Waals surface area contributed by atoms with Crippen molar-refractivity contribution in [3.8, 4) is 23.2 Å². The molecule has 0 spiro atoms. The quantitative estimate of drug-likeness (QED) is 0.740. The van der Waals surface area contributed by atoms with Crippen molar-refractivity contribution in [1.82, 2.24) is 20.5 Å². The first kappa shape index (κ1) is 19.2. The molecule has 2 aromatic rings. The van der Waals surface area contributed by atoms with E-state index >= 15 is 0 Å². The summed E-state index contributed by atoms with van der Waals surface area (Å²) in [5, 5.41) is 19.7. The fourth-order valence-electron chi connectivity index (χ4n) is 3.15. The van der Waals surface area contributed by atoms with E-state index in [1.165, 1.54) is 11.8 Å². The maximum atomic E-state index is 12.6. The van der Waals surface area contributed by atoms with Crippen molar-refractivity contribution >= 4 is 17.7 Å². The van der Waals surface area contributed by atoms with Crippen LogP contribution in [0.2, 0.25) is 0 Å². The van der Waals surface area contributed by atoms with E-state index in [2.05, 4.69) is 26.6 Å². The molecule has 1 atom stereocenters. The highest BCUT2D eigenvalue weighted by Crippen LogP contribution is 2.29. The molecule has 0 saturated heterocycles. The van der Waals surface area contributed by atoms with Gasteiger partial charge in [-0.25, -0.2) is 4.98 Å². The summed E-state index contributed by atoms with van der Waals surface area (Å²) in [6.45, 7) is 1.80. The van der Waals surface area contributed by atoms with E-state index in [4.69, 9.17) is 4.74 Å². The summed E-state index contributed by atoms with van der Waals surface area (Å²) >= 11 is 1.27. The van der Waals surface area contributed by atoms with Gasteiger partial charge in [-0.05, 0) is 44.0 Å². The number of ether oxygens (including phenoxy) is 1. The Labute approximate surface area is 162 Å². The van der Waals surface area contributed by atoms with Gasteiger partial charge in [-0.1, -0.05) is 31.0 Å². The molecule has 142 valence electrons. The molecule has 1 heterocycles. The summed E-state index contributed by atoms with van der Waals surface area (Å²) in [5.41, 5.74) is 0.162. The van der Waals surface area contributed by atoms with Crippen LogP contribution in [-0.4, -0.2) is 39.0 Å². The number of aromatic amines is 1. The standard InChI is InChI=1S/C19H23N5O2S/c1-13(17(25)22-19(12-20)10-4-3-5-11-19)27-18-21-16(23-24-18)14-6-8-15(26-2)9-7-14/h6-9,13H,3-5,10-11H2,1-2H3,(H,22,25)(H,21,23,24)/t13-/m0/s1. The Morgan fingerprint density at radius 2 is 2.04 bits per heavy atom. The van der Waals surface area contributed by atoms with E-state index < -0.39 is 10.8 Å². The van der Waals surface area contributed by atoms with Crippen molar-refractivity contribution in [2.45, 2.75) is 55.0 Å². The summed E-state index contributed by atoms with van der Waals surface area (Å²) in [4.78, 5) is 17.0. The number of thioether (sulfide) groups is 1. The minimum Gasteiger partial charge on any atom is -0.497 e. The lowest BCUT2D eigenvalue weighted by Crippen LogP contribution is -2.50. The molecule has 1 aromatic heterocycles. The van der Waals surface area contributed by atoms with Crippen molar-refractivity contribution in [2.24, 2.45) is 0 Å². The predicted molar refractivity (Wildman–Crippen MR) is 103 cm³/mol. The zero-order valence-electron chi connectivity index (χ0n) is 15.5. The zero-order valence-corrected chi connectivity index (χ0v) is 16.3. The number of aromatic nitrogens is 3. The minimum absolute atomic E-state index is 0.153. The Balaban J connectivity index is 1.62.